The van der Waals surface area contributed by atoms with E-state index in [4.69, 9.17) is 33.7 Å². The van der Waals surface area contributed by atoms with Crippen LogP contribution in [0.25, 0.3) is 0 Å². The van der Waals surface area contributed by atoms with Crippen LogP contribution in [-0.2, 0) is 5.75 Å². The number of rotatable bonds is 5. The molecule has 0 saturated carbocycles. The zero-order chi connectivity index (χ0) is 14.5. The van der Waals surface area contributed by atoms with Crippen LogP contribution in [0.15, 0.2) is 41.3 Å². The van der Waals surface area contributed by atoms with Crippen molar-refractivity contribution in [2.75, 3.05) is 12.3 Å². The molecular formula is C15H15Cl2NOS. The van der Waals surface area contributed by atoms with Crippen molar-refractivity contribution in [3.63, 3.8) is 0 Å². The van der Waals surface area contributed by atoms with Gasteiger partial charge in [-0.05, 0) is 48.9 Å². The van der Waals surface area contributed by atoms with Gasteiger partial charge < -0.3 is 10.5 Å². The zero-order valence-electron chi connectivity index (χ0n) is 11.0. The zero-order valence-corrected chi connectivity index (χ0v) is 13.4. The van der Waals surface area contributed by atoms with E-state index in [1.54, 1.807) is 23.9 Å². The Balaban J connectivity index is 2.13. The topological polar surface area (TPSA) is 35.2 Å². The van der Waals surface area contributed by atoms with Crippen LogP contribution in [0, 0.1) is 0 Å². The first kappa shape index (κ1) is 15.4. The summed E-state index contributed by atoms with van der Waals surface area (Å²) < 4.78 is 5.48. The molecule has 0 saturated heterocycles. The summed E-state index contributed by atoms with van der Waals surface area (Å²) in [5.74, 6) is 1.53. The predicted octanol–water partition coefficient (Wildman–Crippen LogP) is 5.27. The molecule has 0 aliphatic heterocycles. The minimum absolute atomic E-state index is 0.633. The highest BCUT2D eigenvalue weighted by Gasteiger charge is 2.06. The van der Waals surface area contributed by atoms with Crippen LogP contribution in [0.1, 0.15) is 12.5 Å². The maximum absolute atomic E-state index is 6.16. The molecule has 0 amide bonds. The summed E-state index contributed by atoms with van der Waals surface area (Å²) in [5.41, 5.74) is 7.71. The largest absolute Gasteiger partial charge is 0.494 e. The Morgan fingerprint density at radius 3 is 2.70 bits per heavy atom. The molecule has 2 N–H and O–H groups in total. The van der Waals surface area contributed by atoms with Crippen molar-refractivity contribution in [2.24, 2.45) is 0 Å². The summed E-state index contributed by atoms with van der Waals surface area (Å²) in [6.07, 6.45) is 0. The van der Waals surface area contributed by atoms with E-state index in [1.165, 1.54) is 0 Å². The number of nitrogens with two attached hydrogens (primary N) is 1. The number of hydrogen-bond acceptors (Lipinski definition) is 3. The van der Waals surface area contributed by atoms with Gasteiger partial charge in [-0.2, -0.15) is 0 Å². The van der Waals surface area contributed by atoms with Crippen LogP contribution in [0.4, 0.5) is 5.69 Å². The van der Waals surface area contributed by atoms with Gasteiger partial charge in [0.2, 0.25) is 0 Å². The number of hydrogen-bond donors (Lipinski definition) is 1. The summed E-state index contributed by atoms with van der Waals surface area (Å²) in [4.78, 5) is 0.979. The van der Waals surface area contributed by atoms with Gasteiger partial charge in [0.1, 0.15) is 5.75 Å². The maximum Gasteiger partial charge on any atom is 0.120 e. The first-order chi connectivity index (χ1) is 9.60. The van der Waals surface area contributed by atoms with Gasteiger partial charge in [0.25, 0.3) is 0 Å². The molecule has 0 fully saturated rings. The molecule has 106 valence electrons. The van der Waals surface area contributed by atoms with Crippen molar-refractivity contribution < 1.29 is 4.74 Å². The molecule has 0 aromatic heterocycles. The van der Waals surface area contributed by atoms with Crippen molar-refractivity contribution in [3.05, 3.63) is 52.0 Å². The number of nitrogen functional groups attached to an aromatic ring is 1. The summed E-state index contributed by atoms with van der Waals surface area (Å²) in [6.45, 7) is 2.59. The molecule has 2 aromatic carbocycles. The molecule has 0 radical (unpaired) electrons. The molecule has 2 aromatic rings. The molecule has 0 spiro atoms. The van der Waals surface area contributed by atoms with Gasteiger partial charge in [0, 0.05) is 26.4 Å². The summed E-state index contributed by atoms with van der Waals surface area (Å²) in [6, 6.07) is 11.1. The van der Waals surface area contributed by atoms with Gasteiger partial charge in [-0.25, -0.2) is 0 Å². The molecule has 0 heterocycles. The lowest BCUT2D eigenvalue weighted by molar-refractivity contribution is 0.339. The Morgan fingerprint density at radius 2 is 1.95 bits per heavy atom. The monoisotopic (exact) mass is 327 g/mol. The Bertz CT molecular complexity index is 604. The van der Waals surface area contributed by atoms with Gasteiger partial charge >= 0.3 is 0 Å². The van der Waals surface area contributed by atoms with Gasteiger partial charge in [0.05, 0.1) is 6.61 Å². The molecular weight excluding hydrogens is 313 g/mol. The van der Waals surface area contributed by atoms with Crippen LogP contribution < -0.4 is 10.5 Å². The minimum atomic E-state index is 0.633. The first-order valence-electron chi connectivity index (χ1n) is 6.19. The van der Waals surface area contributed by atoms with E-state index in [-0.39, 0.29) is 0 Å². The normalized spacial score (nSPS) is 10.6. The van der Waals surface area contributed by atoms with Gasteiger partial charge in [0.15, 0.2) is 0 Å². The lowest BCUT2D eigenvalue weighted by atomic mass is 10.2. The van der Waals surface area contributed by atoms with Crippen molar-refractivity contribution in [2.45, 2.75) is 17.6 Å². The smallest absolute Gasteiger partial charge is 0.120 e. The molecule has 0 atom stereocenters. The number of halogens is 2. The van der Waals surface area contributed by atoms with Crippen LogP contribution in [0.3, 0.4) is 0 Å². The molecule has 20 heavy (non-hydrogen) atoms. The third-order valence-corrected chi connectivity index (χ3v) is 4.41. The van der Waals surface area contributed by atoms with E-state index in [0.717, 1.165) is 21.9 Å². The highest BCUT2D eigenvalue weighted by Crippen LogP contribution is 2.33. The maximum atomic E-state index is 6.16. The van der Waals surface area contributed by atoms with E-state index < -0.39 is 0 Å². The Labute approximate surface area is 133 Å². The fourth-order valence-corrected chi connectivity index (χ4v) is 3.15. The highest BCUT2D eigenvalue weighted by atomic mass is 35.5. The lowest BCUT2D eigenvalue weighted by Gasteiger charge is -2.10. The minimum Gasteiger partial charge on any atom is -0.494 e. The molecule has 0 aliphatic rings. The van der Waals surface area contributed by atoms with Crippen molar-refractivity contribution >= 4 is 40.7 Å². The Morgan fingerprint density at radius 1 is 1.15 bits per heavy atom. The Hall–Kier alpha value is -1.03. The van der Waals surface area contributed by atoms with E-state index in [9.17, 15) is 0 Å². The van der Waals surface area contributed by atoms with Crippen LogP contribution in [0.2, 0.25) is 10.0 Å². The lowest BCUT2D eigenvalue weighted by Crippen LogP contribution is -1.94. The number of thioether (sulfide) groups is 1. The van der Waals surface area contributed by atoms with Gasteiger partial charge in [-0.1, -0.05) is 23.2 Å². The van der Waals surface area contributed by atoms with E-state index in [1.807, 2.05) is 31.2 Å². The molecule has 2 rings (SSSR count). The van der Waals surface area contributed by atoms with E-state index in [0.29, 0.717) is 22.4 Å². The number of anilines is 1. The molecule has 0 unspecified atom stereocenters. The van der Waals surface area contributed by atoms with Crippen LogP contribution in [0.5, 0.6) is 5.75 Å². The average Bonchev–Trinajstić information content (AvgIpc) is 2.43. The van der Waals surface area contributed by atoms with Crippen molar-refractivity contribution in [1.82, 2.24) is 0 Å². The fourth-order valence-electron chi connectivity index (χ4n) is 1.71. The third kappa shape index (κ3) is 3.98. The van der Waals surface area contributed by atoms with Crippen molar-refractivity contribution in [1.29, 1.82) is 0 Å². The van der Waals surface area contributed by atoms with Crippen LogP contribution >= 0.6 is 35.0 Å². The molecule has 5 heteroatoms. The molecule has 0 bridgehead atoms. The van der Waals surface area contributed by atoms with Crippen molar-refractivity contribution in [3.8, 4) is 5.75 Å². The second-order valence-electron chi connectivity index (χ2n) is 4.16. The molecule has 0 aliphatic carbocycles. The van der Waals surface area contributed by atoms with E-state index in [2.05, 4.69) is 0 Å². The van der Waals surface area contributed by atoms with E-state index >= 15 is 0 Å². The van der Waals surface area contributed by atoms with Gasteiger partial charge in [-0.3, -0.25) is 0 Å². The summed E-state index contributed by atoms with van der Waals surface area (Å²) >= 11 is 13.8. The summed E-state index contributed by atoms with van der Waals surface area (Å²) in [5, 5.41) is 1.39. The van der Waals surface area contributed by atoms with Crippen LogP contribution in [-0.4, -0.2) is 6.61 Å². The van der Waals surface area contributed by atoms with Gasteiger partial charge in [-0.15, -0.1) is 11.8 Å². The fraction of sp³-hybridized carbons (Fsp3) is 0.200. The Kier molecular flexibility index (Phi) is 5.46. The number of benzene rings is 2. The summed E-state index contributed by atoms with van der Waals surface area (Å²) in [7, 11) is 0. The second-order valence-corrected chi connectivity index (χ2v) is 6.02. The number of ether oxygens (including phenoxy) is 1. The SMILES string of the molecule is CCOc1ccc(N)c(SCc2cc(Cl)ccc2Cl)c1. The predicted molar refractivity (Wildman–Crippen MR) is 88.0 cm³/mol. The average molecular weight is 328 g/mol. The second kappa shape index (κ2) is 7.11. The quantitative estimate of drug-likeness (QED) is 0.600. The standard InChI is InChI=1S/C15H15Cl2NOS/c1-2-19-12-4-6-14(18)15(8-12)20-9-10-7-11(16)3-5-13(10)17/h3-8H,2,9,18H2,1H3. The molecule has 2 nitrogen and oxygen atoms in total. The third-order valence-electron chi connectivity index (χ3n) is 2.69. The highest BCUT2D eigenvalue weighted by molar-refractivity contribution is 7.98. The first-order valence-corrected chi connectivity index (χ1v) is 7.93.